The molecule has 0 radical (unpaired) electrons. The first-order valence-corrected chi connectivity index (χ1v) is 7.18. The van der Waals surface area contributed by atoms with Crippen LogP contribution < -0.4 is 5.73 Å². The summed E-state index contributed by atoms with van der Waals surface area (Å²) in [6, 6.07) is 14.2. The van der Waals surface area contributed by atoms with Gasteiger partial charge in [0.1, 0.15) is 12.1 Å². The first kappa shape index (κ1) is 14.1. The fraction of sp³-hybridized carbons (Fsp3) is 0.222. The largest absolute Gasteiger partial charge is 0.397 e. The molecule has 1 aliphatic rings. The summed E-state index contributed by atoms with van der Waals surface area (Å²) < 4.78 is 0. The van der Waals surface area contributed by atoms with Crippen molar-refractivity contribution in [3.05, 3.63) is 52.6 Å². The van der Waals surface area contributed by atoms with E-state index in [1.54, 1.807) is 0 Å². The third kappa shape index (κ3) is 2.11. The molecule has 22 heavy (non-hydrogen) atoms. The van der Waals surface area contributed by atoms with E-state index in [9.17, 15) is 10.5 Å². The molecule has 1 aliphatic heterocycles. The Kier molecular flexibility index (Phi) is 3.55. The molecule has 4 heteroatoms. The van der Waals surface area contributed by atoms with Gasteiger partial charge in [0.25, 0.3) is 0 Å². The van der Waals surface area contributed by atoms with Gasteiger partial charge in [-0.15, -0.1) is 0 Å². The third-order valence-corrected chi connectivity index (χ3v) is 4.21. The zero-order chi connectivity index (χ0) is 15.7. The van der Waals surface area contributed by atoms with Crippen molar-refractivity contribution in [1.29, 1.82) is 10.5 Å². The third-order valence-electron chi connectivity index (χ3n) is 4.21. The highest BCUT2D eigenvalue weighted by atomic mass is 15.1. The van der Waals surface area contributed by atoms with Crippen molar-refractivity contribution in [2.45, 2.75) is 13.0 Å². The number of nitrogens with two attached hydrogens (primary N) is 1. The van der Waals surface area contributed by atoms with Gasteiger partial charge in [-0.3, -0.25) is 0 Å². The van der Waals surface area contributed by atoms with E-state index in [0.717, 1.165) is 41.8 Å². The lowest BCUT2D eigenvalue weighted by Crippen LogP contribution is -2.28. The second kappa shape index (κ2) is 5.52. The molecule has 1 heterocycles. The number of nitrogen functional groups attached to an aromatic ring is 1. The molecule has 0 unspecified atom stereocenters. The Morgan fingerprint density at radius 2 is 1.73 bits per heavy atom. The molecule has 2 N–H and O–H groups in total. The van der Waals surface area contributed by atoms with Gasteiger partial charge < -0.3 is 10.6 Å². The van der Waals surface area contributed by atoms with Crippen molar-refractivity contribution in [2.24, 2.45) is 0 Å². The Morgan fingerprint density at radius 3 is 2.36 bits per heavy atom. The van der Waals surface area contributed by atoms with Crippen molar-refractivity contribution >= 4 is 5.69 Å². The van der Waals surface area contributed by atoms with E-state index >= 15 is 0 Å². The molecule has 2 aromatic rings. The smallest absolute Gasteiger partial charge is 0.102 e. The lowest BCUT2D eigenvalue weighted by atomic mass is 9.84. The van der Waals surface area contributed by atoms with Crippen LogP contribution in [0.15, 0.2) is 30.3 Å². The fourth-order valence-electron chi connectivity index (χ4n) is 3.14. The van der Waals surface area contributed by atoms with Crippen LogP contribution in [0.25, 0.3) is 11.1 Å². The highest BCUT2D eigenvalue weighted by molar-refractivity contribution is 5.85. The van der Waals surface area contributed by atoms with E-state index in [1.807, 2.05) is 37.4 Å². The molecule has 0 saturated heterocycles. The molecule has 0 spiro atoms. The van der Waals surface area contributed by atoms with E-state index in [0.29, 0.717) is 16.8 Å². The van der Waals surface area contributed by atoms with Crippen LogP contribution in [0.3, 0.4) is 0 Å². The van der Waals surface area contributed by atoms with E-state index < -0.39 is 0 Å². The first-order valence-electron chi connectivity index (χ1n) is 7.18. The molecule has 0 amide bonds. The van der Waals surface area contributed by atoms with Gasteiger partial charge >= 0.3 is 0 Å². The maximum absolute atomic E-state index is 9.60. The van der Waals surface area contributed by atoms with Gasteiger partial charge in [-0.05, 0) is 30.2 Å². The molecule has 0 atom stereocenters. The van der Waals surface area contributed by atoms with Crippen molar-refractivity contribution < 1.29 is 0 Å². The summed E-state index contributed by atoms with van der Waals surface area (Å²) in [5, 5.41) is 19.1. The normalized spacial score (nSPS) is 14.0. The predicted molar refractivity (Wildman–Crippen MR) is 85.8 cm³/mol. The Morgan fingerprint density at radius 1 is 1.05 bits per heavy atom. The number of benzene rings is 2. The lowest BCUT2D eigenvalue weighted by molar-refractivity contribution is 0.313. The number of rotatable bonds is 1. The highest BCUT2D eigenvalue weighted by Crippen LogP contribution is 2.39. The van der Waals surface area contributed by atoms with Crippen molar-refractivity contribution in [3.8, 4) is 23.3 Å². The van der Waals surface area contributed by atoms with Gasteiger partial charge in [0.05, 0.1) is 16.8 Å². The number of likely N-dealkylation sites (N-methyl/N-ethyl adjacent to an activating group) is 1. The topological polar surface area (TPSA) is 76.8 Å². The van der Waals surface area contributed by atoms with E-state index in [2.05, 4.69) is 17.0 Å². The summed E-state index contributed by atoms with van der Waals surface area (Å²) in [5.41, 5.74) is 11.2. The fourth-order valence-corrected chi connectivity index (χ4v) is 3.14. The highest BCUT2D eigenvalue weighted by Gasteiger charge is 2.26. The predicted octanol–water partition coefficient (Wildman–Crippen LogP) is 2.67. The second-order valence-electron chi connectivity index (χ2n) is 5.57. The maximum Gasteiger partial charge on any atom is 0.102 e. The number of hydrogen-bond acceptors (Lipinski definition) is 4. The molecule has 4 nitrogen and oxygen atoms in total. The summed E-state index contributed by atoms with van der Waals surface area (Å²) in [5.74, 6) is 0. The summed E-state index contributed by atoms with van der Waals surface area (Å²) in [4.78, 5) is 2.20. The number of nitrogens with zero attached hydrogens (tertiary/aromatic N) is 3. The Hall–Kier alpha value is -2.82. The SMILES string of the molecule is CN1CCc2c(C#N)c(N)c(C#N)c(-c3ccccc3)c2C1. The van der Waals surface area contributed by atoms with Gasteiger partial charge in [-0.2, -0.15) is 10.5 Å². The zero-order valence-electron chi connectivity index (χ0n) is 12.4. The molecule has 3 rings (SSSR count). The van der Waals surface area contributed by atoms with Crippen LogP contribution in [0.2, 0.25) is 0 Å². The average molecular weight is 288 g/mol. The standard InChI is InChI=1S/C18H16N4/c1-22-8-7-13-14(9-19)18(21)15(10-20)17(16(13)11-22)12-5-3-2-4-6-12/h2-6H,7-8,11,21H2,1H3. The minimum absolute atomic E-state index is 0.312. The molecular formula is C18H16N4. The minimum Gasteiger partial charge on any atom is -0.397 e. The summed E-state index contributed by atoms with van der Waals surface area (Å²) >= 11 is 0. The van der Waals surface area contributed by atoms with Gasteiger partial charge in [0.15, 0.2) is 0 Å². The number of nitriles is 2. The van der Waals surface area contributed by atoms with Gasteiger partial charge in [0.2, 0.25) is 0 Å². The van der Waals surface area contributed by atoms with Crippen LogP contribution in [0.4, 0.5) is 5.69 Å². The number of anilines is 1. The molecule has 0 aliphatic carbocycles. The summed E-state index contributed by atoms with van der Waals surface area (Å²) in [6.45, 7) is 1.62. The Labute approximate surface area is 130 Å². The van der Waals surface area contributed by atoms with Crippen LogP contribution >= 0.6 is 0 Å². The second-order valence-corrected chi connectivity index (χ2v) is 5.57. The average Bonchev–Trinajstić information content (AvgIpc) is 2.55. The lowest BCUT2D eigenvalue weighted by Gasteiger charge is -2.29. The molecular weight excluding hydrogens is 272 g/mol. The monoisotopic (exact) mass is 288 g/mol. The van der Waals surface area contributed by atoms with E-state index in [1.165, 1.54) is 0 Å². The minimum atomic E-state index is 0.312. The summed E-state index contributed by atoms with van der Waals surface area (Å²) in [7, 11) is 2.05. The van der Waals surface area contributed by atoms with Gasteiger partial charge in [-0.25, -0.2) is 0 Å². The zero-order valence-corrected chi connectivity index (χ0v) is 12.4. The van der Waals surface area contributed by atoms with Crippen molar-refractivity contribution in [1.82, 2.24) is 4.90 Å². The van der Waals surface area contributed by atoms with E-state index in [4.69, 9.17) is 5.73 Å². The van der Waals surface area contributed by atoms with Crippen LogP contribution in [-0.4, -0.2) is 18.5 Å². The van der Waals surface area contributed by atoms with Crippen molar-refractivity contribution in [3.63, 3.8) is 0 Å². The molecule has 2 aromatic carbocycles. The van der Waals surface area contributed by atoms with E-state index in [-0.39, 0.29) is 0 Å². The Bertz CT molecular complexity index is 810. The maximum atomic E-state index is 9.60. The molecule has 108 valence electrons. The molecule has 0 bridgehead atoms. The molecule has 0 fully saturated rings. The van der Waals surface area contributed by atoms with Gasteiger partial charge in [0, 0.05) is 18.7 Å². The molecule has 0 saturated carbocycles. The van der Waals surface area contributed by atoms with Crippen LogP contribution in [0.5, 0.6) is 0 Å². The quantitative estimate of drug-likeness (QED) is 0.818. The molecule has 0 aromatic heterocycles. The summed E-state index contributed by atoms with van der Waals surface area (Å²) in [6.07, 6.45) is 0.782. The van der Waals surface area contributed by atoms with Gasteiger partial charge in [-0.1, -0.05) is 30.3 Å². The number of hydrogen-bond donors (Lipinski definition) is 1. The van der Waals surface area contributed by atoms with Crippen LogP contribution in [0, 0.1) is 22.7 Å². The van der Waals surface area contributed by atoms with Crippen molar-refractivity contribution in [2.75, 3.05) is 19.3 Å². The van der Waals surface area contributed by atoms with Crippen LogP contribution in [0.1, 0.15) is 22.3 Å². The first-order chi connectivity index (χ1) is 10.7. The Balaban J connectivity index is 2.41. The van der Waals surface area contributed by atoms with Crippen LogP contribution in [-0.2, 0) is 13.0 Å². The number of fused-ring (bicyclic) bond motifs is 1.